The smallest absolute Gasteiger partial charge is 0.229 e. The first-order valence-corrected chi connectivity index (χ1v) is 4.32. The number of amides is 1. The summed E-state index contributed by atoms with van der Waals surface area (Å²) in [4.78, 5) is 11.2. The van der Waals surface area contributed by atoms with Crippen molar-refractivity contribution in [3.63, 3.8) is 0 Å². The Morgan fingerprint density at radius 1 is 1.62 bits per heavy atom. The zero-order chi connectivity index (χ0) is 9.26. The number of rotatable bonds is 3. The van der Waals surface area contributed by atoms with Gasteiger partial charge in [0, 0.05) is 13.0 Å². The van der Waals surface area contributed by atoms with Gasteiger partial charge in [0.15, 0.2) is 0 Å². The third-order valence-electron chi connectivity index (χ3n) is 1.82. The summed E-state index contributed by atoms with van der Waals surface area (Å²) in [7, 11) is 0. The van der Waals surface area contributed by atoms with Crippen LogP contribution in [0.15, 0.2) is 4.42 Å². The van der Waals surface area contributed by atoms with Crippen LogP contribution in [0.3, 0.4) is 0 Å². The van der Waals surface area contributed by atoms with Gasteiger partial charge in [-0.25, -0.2) is 0 Å². The van der Waals surface area contributed by atoms with Gasteiger partial charge in [0.2, 0.25) is 17.7 Å². The van der Waals surface area contributed by atoms with Gasteiger partial charge in [-0.2, -0.15) is 0 Å². The van der Waals surface area contributed by atoms with E-state index in [0.29, 0.717) is 17.8 Å². The van der Waals surface area contributed by atoms with E-state index >= 15 is 0 Å². The van der Waals surface area contributed by atoms with Crippen LogP contribution in [-0.4, -0.2) is 22.1 Å². The molecule has 1 fully saturated rings. The summed E-state index contributed by atoms with van der Waals surface area (Å²) in [5.41, 5.74) is 0. The second-order valence-electron chi connectivity index (χ2n) is 3.23. The van der Waals surface area contributed by atoms with Gasteiger partial charge in [-0.3, -0.25) is 4.79 Å². The molecule has 1 aliphatic rings. The molecule has 0 saturated heterocycles. The predicted molar refractivity (Wildman–Crippen MR) is 43.9 cm³/mol. The van der Waals surface area contributed by atoms with Crippen molar-refractivity contribution in [1.29, 1.82) is 0 Å². The summed E-state index contributed by atoms with van der Waals surface area (Å²) in [6, 6.07) is 0.386. The molecule has 1 heterocycles. The zero-order valence-electron chi connectivity index (χ0n) is 7.41. The minimum Gasteiger partial charge on any atom is -0.425 e. The van der Waals surface area contributed by atoms with E-state index in [9.17, 15) is 4.79 Å². The van der Waals surface area contributed by atoms with Crippen LogP contribution < -0.4 is 5.32 Å². The normalized spacial score (nSPS) is 15.8. The van der Waals surface area contributed by atoms with Crippen LogP contribution in [0.1, 0.15) is 24.6 Å². The number of nitrogens with zero attached hydrogens (tertiary/aromatic N) is 2. The van der Waals surface area contributed by atoms with Crippen molar-refractivity contribution in [2.45, 2.75) is 32.2 Å². The molecular weight excluding hydrogens is 170 g/mol. The molecule has 0 radical (unpaired) electrons. The lowest BCUT2D eigenvalue weighted by Crippen LogP contribution is -2.27. The standard InChI is InChI=1S/C8H11N3O2/c1-5-10-11-8(13-5)4-7(12)9-6-2-3-6/h6H,2-4H2,1H3,(H,9,12). The SMILES string of the molecule is Cc1nnc(CC(=O)NC2CC2)o1. The van der Waals surface area contributed by atoms with Crippen molar-refractivity contribution >= 4 is 5.91 Å². The van der Waals surface area contributed by atoms with Gasteiger partial charge in [-0.05, 0) is 12.8 Å². The van der Waals surface area contributed by atoms with Crippen LogP contribution >= 0.6 is 0 Å². The first-order chi connectivity index (χ1) is 6.24. The van der Waals surface area contributed by atoms with Crippen molar-refractivity contribution in [3.05, 3.63) is 11.8 Å². The maximum atomic E-state index is 11.2. The molecule has 2 rings (SSSR count). The Bertz CT molecular complexity index is 317. The Kier molecular flexibility index (Phi) is 2.00. The van der Waals surface area contributed by atoms with Gasteiger partial charge in [0.25, 0.3) is 0 Å². The highest BCUT2D eigenvalue weighted by Gasteiger charge is 2.23. The van der Waals surface area contributed by atoms with Gasteiger partial charge in [-0.1, -0.05) is 0 Å². The summed E-state index contributed by atoms with van der Waals surface area (Å²) in [5.74, 6) is 0.844. The van der Waals surface area contributed by atoms with Gasteiger partial charge in [0.1, 0.15) is 6.42 Å². The molecule has 0 unspecified atom stereocenters. The quantitative estimate of drug-likeness (QED) is 0.723. The number of aromatic nitrogens is 2. The van der Waals surface area contributed by atoms with Crippen LogP contribution in [0.2, 0.25) is 0 Å². The highest BCUT2D eigenvalue weighted by atomic mass is 16.4. The van der Waals surface area contributed by atoms with Crippen LogP contribution in [0.4, 0.5) is 0 Å². The first-order valence-electron chi connectivity index (χ1n) is 4.32. The predicted octanol–water partition coefficient (Wildman–Crippen LogP) is 0.199. The highest BCUT2D eigenvalue weighted by Crippen LogP contribution is 2.18. The summed E-state index contributed by atoms with van der Waals surface area (Å²) >= 11 is 0. The fourth-order valence-corrected chi connectivity index (χ4v) is 1.05. The number of carbonyl (C=O) groups is 1. The molecule has 0 spiro atoms. The van der Waals surface area contributed by atoms with E-state index in [1.807, 2.05) is 0 Å². The molecule has 1 aliphatic carbocycles. The molecule has 1 saturated carbocycles. The fraction of sp³-hybridized carbons (Fsp3) is 0.625. The van der Waals surface area contributed by atoms with E-state index < -0.39 is 0 Å². The number of aryl methyl sites for hydroxylation is 1. The van der Waals surface area contributed by atoms with Crippen molar-refractivity contribution in [2.24, 2.45) is 0 Å². The molecule has 1 aromatic rings. The van der Waals surface area contributed by atoms with Crippen molar-refractivity contribution < 1.29 is 9.21 Å². The summed E-state index contributed by atoms with van der Waals surface area (Å²) in [6.07, 6.45) is 2.38. The second-order valence-corrected chi connectivity index (χ2v) is 3.23. The number of nitrogens with one attached hydrogen (secondary N) is 1. The minimum atomic E-state index is -0.0360. The van der Waals surface area contributed by atoms with E-state index in [4.69, 9.17) is 4.42 Å². The molecule has 0 atom stereocenters. The minimum absolute atomic E-state index is 0.0360. The van der Waals surface area contributed by atoms with Crippen LogP contribution in [0, 0.1) is 6.92 Å². The number of hydrogen-bond acceptors (Lipinski definition) is 4. The molecule has 0 aromatic carbocycles. The molecule has 1 aromatic heterocycles. The highest BCUT2D eigenvalue weighted by molar-refractivity contribution is 5.78. The first kappa shape index (κ1) is 8.22. The lowest BCUT2D eigenvalue weighted by molar-refractivity contribution is -0.120. The Labute approximate surface area is 75.5 Å². The summed E-state index contributed by atoms with van der Waals surface area (Å²) < 4.78 is 5.07. The molecule has 0 aliphatic heterocycles. The van der Waals surface area contributed by atoms with Gasteiger partial charge in [-0.15, -0.1) is 10.2 Å². The maximum Gasteiger partial charge on any atom is 0.229 e. The van der Waals surface area contributed by atoms with Crippen LogP contribution in [-0.2, 0) is 11.2 Å². The van der Waals surface area contributed by atoms with E-state index in [2.05, 4.69) is 15.5 Å². The molecule has 13 heavy (non-hydrogen) atoms. The van der Waals surface area contributed by atoms with Crippen LogP contribution in [0.25, 0.3) is 0 Å². The Morgan fingerprint density at radius 3 is 2.92 bits per heavy atom. The van der Waals surface area contributed by atoms with Crippen LogP contribution in [0.5, 0.6) is 0 Å². The number of hydrogen-bond donors (Lipinski definition) is 1. The van der Waals surface area contributed by atoms with Gasteiger partial charge in [0.05, 0.1) is 0 Å². The summed E-state index contributed by atoms with van der Waals surface area (Å²) in [6.45, 7) is 1.70. The molecule has 5 nitrogen and oxygen atoms in total. The monoisotopic (exact) mass is 181 g/mol. The maximum absolute atomic E-state index is 11.2. The number of carbonyl (C=O) groups excluding carboxylic acids is 1. The lowest BCUT2D eigenvalue weighted by Gasteiger charge is -1.98. The summed E-state index contributed by atoms with van der Waals surface area (Å²) in [5, 5.41) is 10.2. The third kappa shape index (κ3) is 2.27. The van der Waals surface area contributed by atoms with E-state index in [1.54, 1.807) is 6.92 Å². The van der Waals surface area contributed by atoms with E-state index in [0.717, 1.165) is 12.8 Å². The molecule has 1 amide bonds. The Hall–Kier alpha value is -1.39. The zero-order valence-corrected chi connectivity index (χ0v) is 7.41. The van der Waals surface area contributed by atoms with E-state index in [1.165, 1.54) is 0 Å². The van der Waals surface area contributed by atoms with Crippen molar-refractivity contribution in [1.82, 2.24) is 15.5 Å². The molecule has 5 heteroatoms. The fourth-order valence-electron chi connectivity index (χ4n) is 1.05. The van der Waals surface area contributed by atoms with Crippen molar-refractivity contribution in [2.75, 3.05) is 0 Å². The van der Waals surface area contributed by atoms with E-state index in [-0.39, 0.29) is 12.3 Å². The molecule has 0 bridgehead atoms. The Morgan fingerprint density at radius 2 is 2.38 bits per heavy atom. The largest absolute Gasteiger partial charge is 0.425 e. The van der Waals surface area contributed by atoms with Gasteiger partial charge >= 0.3 is 0 Å². The average Bonchev–Trinajstić information content (AvgIpc) is 2.76. The third-order valence-corrected chi connectivity index (χ3v) is 1.82. The lowest BCUT2D eigenvalue weighted by atomic mass is 10.4. The molecule has 70 valence electrons. The second kappa shape index (κ2) is 3.16. The topological polar surface area (TPSA) is 68.0 Å². The average molecular weight is 181 g/mol. The molecular formula is C8H11N3O2. The van der Waals surface area contributed by atoms with Crippen molar-refractivity contribution in [3.8, 4) is 0 Å². The molecule has 1 N–H and O–H groups in total. The van der Waals surface area contributed by atoms with Gasteiger partial charge < -0.3 is 9.73 Å². The Balaban J connectivity index is 1.85.